The van der Waals surface area contributed by atoms with Crippen molar-refractivity contribution in [3.8, 4) is 0 Å². The number of hydrogen-bond donors (Lipinski definition) is 0. The number of non-ortho nitro benzene ring substituents is 1. The van der Waals surface area contributed by atoms with Crippen molar-refractivity contribution in [3.63, 3.8) is 0 Å². The average molecular weight is 428 g/mol. The first-order valence-corrected chi connectivity index (χ1v) is 9.01. The van der Waals surface area contributed by atoms with Gasteiger partial charge in [0.2, 0.25) is 0 Å². The van der Waals surface area contributed by atoms with Gasteiger partial charge in [0, 0.05) is 42.3 Å². The third kappa shape index (κ3) is 4.72. The Balaban J connectivity index is 2.07. The van der Waals surface area contributed by atoms with E-state index in [9.17, 15) is 19.7 Å². The van der Waals surface area contributed by atoms with Gasteiger partial charge in [-0.1, -0.05) is 0 Å². The van der Waals surface area contributed by atoms with Crippen LogP contribution in [0.1, 0.15) is 38.1 Å². The second-order valence-corrected chi connectivity index (χ2v) is 8.05. The van der Waals surface area contributed by atoms with E-state index in [1.807, 2.05) is 27.7 Å². The highest BCUT2D eigenvalue weighted by atomic mass is 79.9. The van der Waals surface area contributed by atoms with Gasteiger partial charge in [-0.2, -0.15) is 0 Å². The Morgan fingerprint density at radius 1 is 1.31 bits per heavy atom. The number of amides is 2. The summed E-state index contributed by atoms with van der Waals surface area (Å²) in [4.78, 5) is 38.6. The van der Waals surface area contributed by atoms with Gasteiger partial charge in [-0.05, 0) is 49.7 Å². The van der Waals surface area contributed by atoms with Gasteiger partial charge in [-0.3, -0.25) is 14.9 Å². The summed E-state index contributed by atoms with van der Waals surface area (Å²) in [6, 6.07) is 3.86. The monoisotopic (exact) mass is 427 g/mol. The highest BCUT2D eigenvalue weighted by Gasteiger charge is 2.33. The Hall–Kier alpha value is -2.16. The van der Waals surface area contributed by atoms with E-state index in [1.165, 1.54) is 18.2 Å². The van der Waals surface area contributed by atoms with Crippen molar-refractivity contribution in [2.24, 2.45) is 0 Å². The lowest BCUT2D eigenvalue weighted by Crippen LogP contribution is -2.56. The number of halogens is 1. The second kappa shape index (κ2) is 7.61. The Morgan fingerprint density at radius 3 is 2.46 bits per heavy atom. The lowest BCUT2D eigenvalue weighted by molar-refractivity contribution is -0.384. The minimum absolute atomic E-state index is 0.0865. The molecule has 1 heterocycles. The fourth-order valence-corrected chi connectivity index (χ4v) is 3.23. The van der Waals surface area contributed by atoms with Gasteiger partial charge in [-0.15, -0.1) is 0 Å². The Labute approximate surface area is 160 Å². The van der Waals surface area contributed by atoms with Crippen molar-refractivity contribution in [3.05, 3.63) is 38.3 Å². The van der Waals surface area contributed by atoms with Crippen molar-refractivity contribution < 1.29 is 19.2 Å². The van der Waals surface area contributed by atoms with Crippen LogP contribution in [-0.4, -0.2) is 58.0 Å². The van der Waals surface area contributed by atoms with Crippen molar-refractivity contribution in [2.75, 3.05) is 19.6 Å². The number of piperazine rings is 1. The van der Waals surface area contributed by atoms with Gasteiger partial charge < -0.3 is 14.5 Å². The maximum Gasteiger partial charge on any atom is 0.410 e. The van der Waals surface area contributed by atoms with Gasteiger partial charge in [-0.25, -0.2) is 4.79 Å². The van der Waals surface area contributed by atoms with Crippen LogP contribution in [-0.2, 0) is 4.74 Å². The van der Waals surface area contributed by atoms with Gasteiger partial charge in [0.1, 0.15) is 5.60 Å². The van der Waals surface area contributed by atoms with E-state index in [2.05, 4.69) is 15.9 Å². The second-order valence-electron chi connectivity index (χ2n) is 7.20. The summed E-state index contributed by atoms with van der Waals surface area (Å²) < 4.78 is 5.77. The minimum atomic E-state index is -0.576. The van der Waals surface area contributed by atoms with Crippen molar-refractivity contribution in [1.29, 1.82) is 0 Å². The molecular formula is C17H22BrN3O5. The molecule has 2 rings (SSSR count). The number of rotatable bonds is 2. The predicted octanol–water partition coefficient (Wildman–Crippen LogP) is 3.44. The molecule has 8 nitrogen and oxygen atoms in total. The van der Waals surface area contributed by atoms with E-state index in [1.54, 1.807) is 9.80 Å². The molecular weight excluding hydrogens is 406 g/mol. The molecule has 2 amide bonds. The zero-order chi connectivity index (χ0) is 19.6. The number of benzene rings is 1. The minimum Gasteiger partial charge on any atom is -0.444 e. The average Bonchev–Trinajstić information content (AvgIpc) is 2.52. The first-order valence-electron chi connectivity index (χ1n) is 8.22. The molecule has 1 aliphatic heterocycles. The molecule has 1 atom stereocenters. The Bertz CT molecular complexity index is 732. The third-order valence-corrected chi connectivity index (χ3v) is 4.59. The SMILES string of the molecule is CC1CN(C(=O)c2ccc([N+](=O)[O-])cc2Br)CCN1C(=O)OC(C)(C)C. The van der Waals surface area contributed by atoms with Crippen molar-refractivity contribution >= 4 is 33.6 Å². The number of hydrogen-bond acceptors (Lipinski definition) is 5. The van der Waals surface area contributed by atoms with Crippen LogP contribution in [0.25, 0.3) is 0 Å². The van der Waals surface area contributed by atoms with Gasteiger partial charge >= 0.3 is 6.09 Å². The lowest BCUT2D eigenvalue weighted by Gasteiger charge is -2.40. The summed E-state index contributed by atoms with van der Waals surface area (Å²) >= 11 is 3.23. The molecule has 0 spiro atoms. The van der Waals surface area contributed by atoms with Crippen LogP contribution in [0.2, 0.25) is 0 Å². The molecule has 0 saturated carbocycles. The number of nitro groups is 1. The maximum atomic E-state index is 12.7. The van der Waals surface area contributed by atoms with Crippen LogP contribution in [0.4, 0.5) is 10.5 Å². The first-order chi connectivity index (χ1) is 12.0. The molecule has 1 aliphatic rings. The topological polar surface area (TPSA) is 93.0 Å². The van der Waals surface area contributed by atoms with Crippen LogP contribution in [0, 0.1) is 10.1 Å². The molecule has 1 aromatic rings. The summed E-state index contributed by atoms with van der Waals surface area (Å²) in [6.45, 7) is 8.37. The van der Waals surface area contributed by atoms with Crippen LogP contribution in [0.15, 0.2) is 22.7 Å². The van der Waals surface area contributed by atoms with Crippen LogP contribution in [0.5, 0.6) is 0 Å². The quantitative estimate of drug-likeness (QED) is 0.532. The molecule has 0 bridgehead atoms. The molecule has 0 aromatic heterocycles. The highest BCUT2D eigenvalue weighted by molar-refractivity contribution is 9.10. The van der Waals surface area contributed by atoms with E-state index in [0.29, 0.717) is 29.7 Å². The molecule has 1 unspecified atom stereocenters. The van der Waals surface area contributed by atoms with E-state index >= 15 is 0 Å². The van der Waals surface area contributed by atoms with Crippen LogP contribution >= 0.6 is 15.9 Å². The van der Waals surface area contributed by atoms with Gasteiger partial charge in [0.15, 0.2) is 0 Å². The number of carbonyl (C=O) groups excluding carboxylic acids is 2. The summed E-state index contributed by atoms with van der Waals surface area (Å²) in [5.74, 6) is -0.234. The molecule has 1 saturated heterocycles. The van der Waals surface area contributed by atoms with Crippen molar-refractivity contribution in [2.45, 2.75) is 39.3 Å². The zero-order valence-corrected chi connectivity index (χ0v) is 16.8. The molecule has 0 N–H and O–H groups in total. The Kier molecular flexibility index (Phi) is 5.90. The third-order valence-electron chi connectivity index (χ3n) is 3.94. The maximum absolute atomic E-state index is 12.7. The van der Waals surface area contributed by atoms with Crippen LogP contribution in [0.3, 0.4) is 0 Å². The normalized spacial score (nSPS) is 17.8. The van der Waals surface area contributed by atoms with Crippen LogP contribution < -0.4 is 0 Å². The fraction of sp³-hybridized carbons (Fsp3) is 0.529. The summed E-state index contributed by atoms with van der Waals surface area (Å²) in [7, 11) is 0. The van der Waals surface area contributed by atoms with Crippen molar-refractivity contribution in [1.82, 2.24) is 9.80 Å². The van der Waals surface area contributed by atoms with E-state index in [-0.39, 0.29) is 17.6 Å². The van der Waals surface area contributed by atoms with Gasteiger partial charge in [0.05, 0.1) is 10.5 Å². The largest absolute Gasteiger partial charge is 0.444 e. The summed E-state index contributed by atoms with van der Waals surface area (Å²) in [6.07, 6.45) is -0.395. The summed E-state index contributed by atoms with van der Waals surface area (Å²) in [5, 5.41) is 10.8. The highest BCUT2D eigenvalue weighted by Crippen LogP contribution is 2.25. The number of ether oxygens (including phenoxy) is 1. The molecule has 26 heavy (non-hydrogen) atoms. The predicted molar refractivity (Wildman–Crippen MR) is 99.1 cm³/mol. The first kappa shape index (κ1) is 20.2. The molecule has 1 aromatic carbocycles. The smallest absolute Gasteiger partial charge is 0.410 e. The lowest BCUT2D eigenvalue weighted by atomic mass is 10.1. The number of carbonyl (C=O) groups is 2. The number of nitro benzene ring substituents is 1. The van der Waals surface area contributed by atoms with E-state index in [4.69, 9.17) is 4.74 Å². The standard InChI is InChI=1S/C17H22BrN3O5/c1-11-10-19(7-8-20(11)16(23)26-17(2,3)4)15(22)13-6-5-12(21(24)25)9-14(13)18/h5-6,9,11H,7-8,10H2,1-4H3. The number of nitrogens with zero attached hydrogens (tertiary/aromatic N) is 3. The Morgan fingerprint density at radius 2 is 1.96 bits per heavy atom. The zero-order valence-electron chi connectivity index (χ0n) is 15.2. The molecule has 142 valence electrons. The summed E-state index contributed by atoms with van der Waals surface area (Å²) in [5.41, 5.74) is -0.307. The fourth-order valence-electron chi connectivity index (χ4n) is 2.70. The van der Waals surface area contributed by atoms with Gasteiger partial charge in [0.25, 0.3) is 11.6 Å². The molecule has 0 radical (unpaired) electrons. The molecule has 1 fully saturated rings. The van der Waals surface area contributed by atoms with E-state index in [0.717, 1.165) is 0 Å². The molecule has 9 heteroatoms. The van der Waals surface area contributed by atoms with E-state index < -0.39 is 16.6 Å². The molecule has 0 aliphatic carbocycles.